The molecule has 1 aromatic heterocycles. The Morgan fingerprint density at radius 3 is 2.31 bits per heavy atom. The van der Waals surface area contributed by atoms with E-state index in [0.29, 0.717) is 0 Å². The molecule has 1 aliphatic rings. The molecule has 1 aliphatic carbocycles. The Bertz CT molecular complexity index is 861. The number of hydrogen-bond acceptors (Lipinski definition) is 1. The molecule has 4 rings (SSSR count). The second-order valence-corrected chi connectivity index (χ2v) is 7.93. The van der Waals surface area contributed by atoms with Gasteiger partial charge in [-0.05, 0) is 60.8 Å². The Balaban J connectivity index is 1.48. The van der Waals surface area contributed by atoms with Crippen molar-refractivity contribution in [2.75, 3.05) is 0 Å². The summed E-state index contributed by atoms with van der Waals surface area (Å²) in [7, 11) is 0. The first kappa shape index (κ1) is 17.0. The van der Waals surface area contributed by atoms with Crippen LogP contribution in [-0.4, -0.2) is 4.98 Å². The summed E-state index contributed by atoms with van der Waals surface area (Å²) in [5, 5.41) is 0. The molecular formula is C25H27N. The molecular weight excluding hydrogens is 314 g/mol. The number of aryl methyl sites for hydroxylation is 1. The van der Waals surface area contributed by atoms with E-state index in [1.807, 2.05) is 6.20 Å². The van der Waals surface area contributed by atoms with Gasteiger partial charge in [0.05, 0.1) is 5.69 Å². The zero-order valence-electron chi connectivity index (χ0n) is 15.8. The highest BCUT2D eigenvalue weighted by molar-refractivity contribution is 5.68. The minimum Gasteiger partial charge on any atom is -0.256 e. The van der Waals surface area contributed by atoms with Crippen LogP contribution in [0.2, 0.25) is 0 Å². The number of pyridine rings is 1. The molecule has 3 aromatic rings. The summed E-state index contributed by atoms with van der Waals surface area (Å²) in [6.07, 6.45) is 7.42. The van der Waals surface area contributed by atoms with Gasteiger partial charge in [-0.15, -0.1) is 0 Å². The van der Waals surface area contributed by atoms with Crippen LogP contribution in [0, 0.1) is 18.8 Å². The standard InChI is InChI=1S/C25H27N/c1-18-7-8-21(15-18)16-20-9-11-22(12-10-20)23-13-14-25(26-17-23)24-6-4-3-5-19(24)2/h3-6,9-14,17-18,21H,7-8,15-16H2,1-2H3. The fourth-order valence-electron chi connectivity index (χ4n) is 4.26. The molecule has 132 valence electrons. The molecule has 1 heteroatoms. The van der Waals surface area contributed by atoms with Crippen LogP contribution in [0.3, 0.4) is 0 Å². The summed E-state index contributed by atoms with van der Waals surface area (Å²) in [5.41, 5.74) is 7.41. The van der Waals surface area contributed by atoms with Gasteiger partial charge in [-0.25, -0.2) is 0 Å². The van der Waals surface area contributed by atoms with Crippen LogP contribution in [0.1, 0.15) is 37.3 Å². The molecule has 0 amide bonds. The lowest BCUT2D eigenvalue weighted by Gasteiger charge is -2.11. The molecule has 0 N–H and O–H groups in total. The van der Waals surface area contributed by atoms with Crippen LogP contribution < -0.4 is 0 Å². The summed E-state index contributed by atoms with van der Waals surface area (Å²) < 4.78 is 0. The minimum absolute atomic E-state index is 0.880. The van der Waals surface area contributed by atoms with E-state index in [2.05, 4.69) is 74.5 Å². The zero-order chi connectivity index (χ0) is 17.9. The van der Waals surface area contributed by atoms with E-state index in [9.17, 15) is 0 Å². The molecule has 1 heterocycles. The summed E-state index contributed by atoms with van der Waals surface area (Å²) >= 11 is 0. The SMILES string of the molecule is Cc1ccccc1-c1ccc(-c2ccc(CC3CCC(C)C3)cc2)cn1. The lowest BCUT2D eigenvalue weighted by Crippen LogP contribution is -1.99. The van der Waals surface area contributed by atoms with E-state index in [4.69, 9.17) is 4.98 Å². The van der Waals surface area contributed by atoms with Gasteiger partial charge in [-0.2, -0.15) is 0 Å². The van der Waals surface area contributed by atoms with Gasteiger partial charge in [-0.1, -0.05) is 67.9 Å². The van der Waals surface area contributed by atoms with Crippen molar-refractivity contribution in [3.8, 4) is 22.4 Å². The van der Waals surface area contributed by atoms with Crippen LogP contribution in [0.25, 0.3) is 22.4 Å². The quantitative estimate of drug-likeness (QED) is 0.514. The second kappa shape index (κ2) is 7.45. The van der Waals surface area contributed by atoms with Gasteiger partial charge in [0.25, 0.3) is 0 Å². The van der Waals surface area contributed by atoms with Gasteiger partial charge in [0, 0.05) is 17.3 Å². The van der Waals surface area contributed by atoms with E-state index in [1.54, 1.807) is 0 Å². The maximum Gasteiger partial charge on any atom is 0.0705 e. The number of aromatic nitrogens is 1. The van der Waals surface area contributed by atoms with E-state index in [-0.39, 0.29) is 0 Å². The number of hydrogen-bond donors (Lipinski definition) is 0. The molecule has 2 unspecified atom stereocenters. The summed E-state index contributed by atoms with van der Waals surface area (Å²) in [6, 6.07) is 21.8. The normalized spacial score (nSPS) is 19.6. The van der Waals surface area contributed by atoms with Crippen LogP contribution in [0.15, 0.2) is 66.9 Å². The predicted molar refractivity (Wildman–Crippen MR) is 110 cm³/mol. The summed E-state index contributed by atoms with van der Waals surface area (Å²) in [6.45, 7) is 4.52. The average Bonchev–Trinajstić information content (AvgIpc) is 3.08. The lowest BCUT2D eigenvalue weighted by molar-refractivity contribution is 0.513. The molecule has 0 radical (unpaired) electrons. The van der Waals surface area contributed by atoms with Crippen LogP contribution in [-0.2, 0) is 6.42 Å². The van der Waals surface area contributed by atoms with Crippen LogP contribution in [0.5, 0.6) is 0 Å². The Morgan fingerprint density at radius 1 is 0.885 bits per heavy atom. The maximum atomic E-state index is 4.70. The Morgan fingerprint density at radius 2 is 1.65 bits per heavy atom. The minimum atomic E-state index is 0.880. The average molecular weight is 341 g/mol. The molecule has 0 saturated heterocycles. The molecule has 1 saturated carbocycles. The number of rotatable bonds is 4. The zero-order valence-corrected chi connectivity index (χ0v) is 15.8. The van der Waals surface area contributed by atoms with Crippen LogP contribution in [0.4, 0.5) is 0 Å². The third-order valence-corrected chi connectivity index (χ3v) is 5.80. The summed E-state index contributed by atoms with van der Waals surface area (Å²) in [5.74, 6) is 1.79. The van der Waals surface area contributed by atoms with Crippen molar-refractivity contribution in [1.82, 2.24) is 4.98 Å². The third-order valence-electron chi connectivity index (χ3n) is 5.80. The van der Waals surface area contributed by atoms with Gasteiger partial charge in [0.1, 0.15) is 0 Å². The molecule has 2 aromatic carbocycles. The fourth-order valence-corrected chi connectivity index (χ4v) is 4.26. The van der Waals surface area contributed by atoms with E-state index in [1.165, 1.54) is 53.5 Å². The van der Waals surface area contributed by atoms with Crippen LogP contribution >= 0.6 is 0 Å². The first-order chi connectivity index (χ1) is 12.7. The first-order valence-corrected chi connectivity index (χ1v) is 9.80. The van der Waals surface area contributed by atoms with Crippen molar-refractivity contribution >= 4 is 0 Å². The van der Waals surface area contributed by atoms with Crippen molar-refractivity contribution < 1.29 is 0 Å². The molecule has 0 bridgehead atoms. The molecule has 1 fully saturated rings. The van der Waals surface area contributed by atoms with Gasteiger partial charge >= 0.3 is 0 Å². The second-order valence-electron chi connectivity index (χ2n) is 7.93. The Labute approximate surface area is 157 Å². The van der Waals surface area contributed by atoms with Crippen molar-refractivity contribution in [3.63, 3.8) is 0 Å². The number of nitrogens with zero attached hydrogens (tertiary/aromatic N) is 1. The molecule has 26 heavy (non-hydrogen) atoms. The van der Waals surface area contributed by atoms with E-state index >= 15 is 0 Å². The molecule has 0 spiro atoms. The smallest absolute Gasteiger partial charge is 0.0705 e. The van der Waals surface area contributed by atoms with Crippen molar-refractivity contribution in [2.24, 2.45) is 11.8 Å². The van der Waals surface area contributed by atoms with Gasteiger partial charge < -0.3 is 0 Å². The molecule has 0 aliphatic heterocycles. The van der Waals surface area contributed by atoms with Crippen molar-refractivity contribution in [3.05, 3.63) is 78.0 Å². The molecule has 1 nitrogen and oxygen atoms in total. The summed E-state index contributed by atoms with van der Waals surface area (Å²) in [4.78, 5) is 4.70. The molecule has 2 atom stereocenters. The number of benzene rings is 2. The van der Waals surface area contributed by atoms with Crippen molar-refractivity contribution in [2.45, 2.75) is 39.5 Å². The van der Waals surface area contributed by atoms with Gasteiger partial charge in [0.2, 0.25) is 0 Å². The Hall–Kier alpha value is -2.41. The maximum absolute atomic E-state index is 4.70. The van der Waals surface area contributed by atoms with Gasteiger partial charge in [-0.3, -0.25) is 4.98 Å². The highest BCUT2D eigenvalue weighted by Crippen LogP contribution is 2.33. The first-order valence-electron chi connectivity index (χ1n) is 9.80. The van der Waals surface area contributed by atoms with E-state index in [0.717, 1.165) is 17.5 Å². The third kappa shape index (κ3) is 3.72. The lowest BCUT2D eigenvalue weighted by atomic mass is 9.95. The van der Waals surface area contributed by atoms with Crippen molar-refractivity contribution in [1.29, 1.82) is 0 Å². The Kier molecular flexibility index (Phi) is 4.88. The monoisotopic (exact) mass is 341 g/mol. The fraction of sp³-hybridized carbons (Fsp3) is 0.320. The largest absolute Gasteiger partial charge is 0.256 e. The topological polar surface area (TPSA) is 12.9 Å². The van der Waals surface area contributed by atoms with E-state index < -0.39 is 0 Å². The predicted octanol–water partition coefficient (Wildman–Crippen LogP) is 6.70. The highest BCUT2D eigenvalue weighted by atomic mass is 14.7. The van der Waals surface area contributed by atoms with Gasteiger partial charge in [0.15, 0.2) is 0 Å². The highest BCUT2D eigenvalue weighted by Gasteiger charge is 2.21.